The molecule has 0 spiro atoms. The monoisotopic (exact) mass is 491 g/mol. The third kappa shape index (κ3) is 7.31. The lowest BCUT2D eigenvalue weighted by atomic mass is 9.97. The Bertz CT molecular complexity index is 1040. The van der Waals surface area contributed by atoms with Crippen LogP contribution in [-0.4, -0.2) is 43.2 Å². The first kappa shape index (κ1) is 24.8. The molecule has 176 valence electrons. The summed E-state index contributed by atoms with van der Waals surface area (Å²) in [5.74, 6) is 0.439. The topological polar surface area (TPSA) is 98.8 Å². The van der Waals surface area contributed by atoms with Crippen molar-refractivity contribution in [2.45, 2.75) is 26.4 Å². The zero-order chi connectivity index (χ0) is 23.8. The number of allylic oxidation sites excluding steroid dienone is 2. The van der Waals surface area contributed by atoms with Gasteiger partial charge in [0, 0.05) is 43.3 Å². The number of carbonyl (C=O) groups excluding carboxylic acids is 2. The van der Waals surface area contributed by atoms with Crippen LogP contribution in [0, 0.1) is 5.92 Å². The summed E-state index contributed by atoms with van der Waals surface area (Å²) >= 11 is 7.72. The first-order valence-corrected chi connectivity index (χ1v) is 11.7. The van der Waals surface area contributed by atoms with E-state index in [-0.39, 0.29) is 22.9 Å². The van der Waals surface area contributed by atoms with E-state index in [4.69, 9.17) is 25.8 Å². The molecule has 2 aromatic rings. The smallest absolute Gasteiger partial charge is 0.251 e. The van der Waals surface area contributed by atoms with Gasteiger partial charge in [-0.05, 0) is 38.1 Å². The lowest BCUT2D eigenvalue weighted by Gasteiger charge is -2.23. The van der Waals surface area contributed by atoms with E-state index in [0.717, 1.165) is 0 Å². The second kappa shape index (κ2) is 11.8. The number of methoxy groups -OCH3 is 1. The van der Waals surface area contributed by atoms with E-state index < -0.39 is 5.92 Å². The van der Waals surface area contributed by atoms with Crippen LogP contribution in [0.2, 0.25) is 5.02 Å². The molecule has 0 saturated heterocycles. The van der Waals surface area contributed by atoms with Crippen LogP contribution in [0.25, 0.3) is 0 Å². The molecule has 0 saturated carbocycles. The lowest BCUT2D eigenvalue weighted by Crippen LogP contribution is -2.26. The highest BCUT2D eigenvalue weighted by atomic mass is 35.5. The zero-order valence-electron chi connectivity index (χ0n) is 18.6. The Labute approximate surface area is 201 Å². The van der Waals surface area contributed by atoms with Crippen molar-refractivity contribution in [1.29, 1.82) is 0 Å². The van der Waals surface area contributed by atoms with Gasteiger partial charge in [-0.2, -0.15) is 0 Å². The minimum absolute atomic E-state index is 0.0576. The van der Waals surface area contributed by atoms with E-state index in [9.17, 15) is 9.59 Å². The Kier molecular flexibility index (Phi) is 8.87. The highest BCUT2D eigenvalue weighted by molar-refractivity contribution is 7.13. The van der Waals surface area contributed by atoms with Crippen LogP contribution >= 0.6 is 22.9 Å². The number of benzene rings is 1. The molecular formula is C23H26ClN3O5S. The van der Waals surface area contributed by atoms with Gasteiger partial charge in [0.2, 0.25) is 5.91 Å². The maximum Gasteiger partial charge on any atom is 0.251 e. The number of anilines is 1. The molecule has 10 heteroatoms. The van der Waals surface area contributed by atoms with E-state index in [1.165, 1.54) is 17.4 Å². The van der Waals surface area contributed by atoms with Crippen LogP contribution in [0.3, 0.4) is 0 Å². The minimum atomic E-state index is -0.507. The molecule has 2 N–H and O–H groups in total. The van der Waals surface area contributed by atoms with E-state index in [1.807, 2.05) is 13.8 Å². The van der Waals surface area contributed by atoms with Crippen molar-refractivity contribution < 1.29 is 23.8 Å². The predicted octanol–water partition coefficient (Wildman–Crippen LogP) is 4.40. The minimum Gasteiger partial charge on any atom is -0.495 e. The molecular weight excluding hydrogens is 466 g/mol. The molecule has 3 rings (SSSR count). The molecule has 1 aliphatic carbocycles. The highest BCUT2D eigenvalue weighted by Gasteiger charge is 2.25. The summed E-state index contributed by atoms with van der Waals surface area (Å²) in [6, 6.07) is 4.77. The molecule has 0 radical (unpaired) electrons. The number of amides is 2. The molecule has 0 fully saturated rings. The fraction of sp³-hybridized carbons (Fsp3) is 0.348. The number of thiazole rings is 1. The van der Waals surface area contributed by atoms with Gasteiger partial charge in [0.05, 0.1) is 23.7 Å². The van der Waals surface area contributed by atoms with Crippen LogP contribution < -0.4 is 15.4 Å². The van der Waals surface area contributed by atoms with Crippen LogP contribution in [-0.2, 0) is 14.3 Å². The van der Waals surface area contributed by atoms with Crippen LogP contribution in [0.4, 0.5) is 5.13 Å². The molecule has 1 unspecified atom stereocenters. The highest BCUT2D eigenvalue weighted by Crippen LogP contribution is 2.31. The number of hydrogen-bond donors (Lipinski definition) is 2. The zero-order valence-corrected chi connectivity index (χ0v) is 20.2. The van der Waals surface area contributed by atoms with Gasteiger partial charge in [-0.25, -0.2) is 4.98 Å². The normalized spacial score (nSPS) is 15.5. The van der Waals surface area contributed by atoms with Crippen molar-refractivity contribution in [1.82, 2.24) is 10.3 Å². The Morgan fingerprint density at radius 2 is 2.15 bits per heavy atom. The summed E-state index contributed by atoms with van der Waals surface area (Å²) in [4.78, 5) is 29.1. The summed E-state index contributed by atoms with van der Waals surface area (Å²) in [5, 5.41) is 8.13. The van der Waals surface area contributed by atoms with Gasteiger partial charge < -0.3 is 24.8 Å². The molecule has 8 nitrogen and oxygen atoms in total. The summed E-state index contributed by atoms with van der Waals surface area (Å²) in [5.41, 5.74) is 0.404. The second-order valence-corrected chi connectivity index (χ2v) is 8.78. The van der Waals surface area contributed by atoms with Gasteiger partial charge in [0.15, 0.2) is 5.13 Å². The molecule has 1 atom stereocenters. The number of rotatable bonds is 10. The number of nitrogens with one attached hydrogen (secondary N) is 2. The first-order valence-electron chi connectivity index (χ1n) is 10.4. The molecule has 1 aliphatic rings. The van der Waals surface area contributed by atoms with Gasteiger partial charge >= 0.3 is 0 Å². The van der Waals surface area contributed by atoms with Crippen LogP contribution in [0.1, 0.15) is 30.6 Å². The molecule has 1 heterocycles. The second-order valence-electron chi connectivity index (χ2n) is 7.48. The summed E-state index contributed by atoms with van der Waals surface area (Å²) in [6.07, 6.45) is 5.43. The third-order valence-corrected chi connectivity index (χ3v) is 5.47. The number of nitrogens with zero attached hydrogens (tertiary/aromatic N) is 1. The van der Waals surface area contributed by atoms with Crippen molar-refractivity contribution in [3.8, 4) is 5.75 Å². The van der Waals surface area contributed by atoms with Gasteiger partial charge in [-0.1, -0.05) is 11.6 Å². The average molecular weight is 492 g/mol. The van der Waals surface area contributed by atoms with Crippen molar-refractivity contribution >= 4 is 39.9 Å². The van der Waals surface area contributed by atoms with E-state index in [2.05, 4.69) is 15.6 Å². The lowest BCUT2D eigenvalue weighted by molar-refractivity contribution is -0.118. The number of aromatic nitrogens is 1. The maximum absolute atomic E-state index is 12.8. The quantitative estimate of drug-likeness (QED) is 0.478. The Morgan fingerprint density at radius 3 is 2.82 bits per heavy atom. The number of ether oxygens (including phenoxy) is 3. The van der Waals surface area contributed by atoms with Crippen LogP contribution in [0.15, 0.2) is 53.4 Å². The number of hydrogen-bond acceptors (Lipinski definition) is 7. The number of halogens is 1. The molecule has 0 bridgehead atoms. The van der Waals surface area contributed by atoms with Gasteiger partial charge in [-0.15, -0.1) is 11.3 Å². The van der Waals surface area contributed by atoms with Crippen molar-refractivity contribution in [3.63, 3.8) is 0 Å². The van der Waals surface area contributed by atoms with Crippen molar-refractivity contribution in [3.05, 3.63) is 64.0 Å². The van der Waals surface area contributed by atoms with Crippen molar-refractivity contribution in [2.24, 2.45) is 5.92 Å². The summed E-state index contributed by atoms with van der Waals surface area (Å²) in [6.45, 7) is 4.64. The average Bonchev–Trinajstić information content (AvgIpc) is 3.27. The Hall–Kier alpha value is -2.88. The predicted molar refractivity (Wildman–Crippen MR) is 128 cm³/mol. The van der Waals surface area contributed by atoms with E-state index >= 15 is 0 Å². The molecule has 33 heavy (non-hydrogen) atoms. The molecule has 2 amide bonds. The van der Waals surface area contributed by atoms with Crippen molar-refractivity contribution in [2.75, 3.05) is 25.6 Å². The standard InChI is InChI=1S/C23H26ClN3O5S/c1-14(2)31-17-10-16(22(29)27-23-26-7-9-33-23)11-18(13-17)32-20-5-4-15(12-19(20)24)21(28)25-6-8-30-3/h4-5,7,9,11-14,16H,6,8,10H2,1-3H3,(H,25,28)(H,26,27,29). The Morgan fingerprint density at radius 1 is 1.33 bits per heavy atom. The molecule has 0 aliphatic heterocycles. The molecule has 1 aromatic heterocycles. The van der Waals surface area contributed by atoms with Gasteiger partial charge in [-0.3, -0.25) is 9.59 Å². The van der Waals surface area contributed by atoms with Gasteiger partial charge in [0.1, 0.15) is 17.3 Å². The first-order chi connectivity index (χ1) is 15.9. The van der Waals surface area contributed by atoms with E-state index in [0.29, 0.717) is 47.5 Å². The number of carbonyl (C=O) groups is 2. The van der Waals surface area contributed by atoms with E-state index in [1.54, 1.807) is 43.0 Å². The summed E-state index contributed by atoms with van der Waals surface area (Å²) < 4.78 is 16.8. The maximum atomic E-state index is 12.8. The fourth-order valence-corrected chi connectivity index (χ4v) is 3.81. The third-order valence-electron chi connectivity index (χ3n) is 4.49. The fourth-order valence-electron chi connectivity index (χ4n) is 3.06. The van der Waals surface area contributed by atoms with Gasteiger partial charge in [0.25, 0.3) is 5.91 Å². The Balaban J connectivity index is 1.75. The SMILES string of the molecule is COCCNC(=O)c1ccc(OC2=CC(C(=O)Nc3nccs3)CC(OC(C)C)=C2)c(Cl)c1. The largest absolute Gasteiger partial charge is 0.495 e. The molecule has 1 aromatic carbocycles. The van der Waals surface area contributed by atoms with Crippen LogP contribution in [0.5, 0.6) is 5.75 Å². The summed E-state index contributed by atoms with van der Waals surface area (Å²) in [7, 11) is 1.56.